The van der Waals surface area contributed by atoms with Crippen LogP contribution in [0.4, 0.5) is 5.69 Å². The van der Waals surface area contributed by atoms with Crippen molar-refractivity contribution in [2.45, 2.75) is 43.2 Å². The van der Waals surface area contributed by atoms with Gasteiger partial charge < -0.3 is 20.5 Å². The molecule has 4 atom stereocenters. The predicted octanol–water partition coefficient (Wildman–Crippen LogP) is 1.21. The van der Waals surface area contributed by atoms with Crippen LogP contribution in [0.25, 0.3) is 0 Å². The molecule has 116 valence electrons. The number of likely N-dealkylation sites (N-methyl/N-ethyl adjacent to an activating group) is 1. The van der Waals surface area contributed by atoms with Crippen LogP contribution in [0, 0.1) is 5.92 Å². The number of ether oxygens (including phenoxy) is 1. The molecule has 2 aliphatic heterocycles. The van der Waals surface area contributed by atoms with Crippen LogP contribution in [0.15, 0.2) is 6.07 Å². The Bertz CT molecular complexity index is 716. The Morgan fingerprint density at radius 3 is 3.14 bits per heavy atom. The fourth-order valence-electron chi connectivity index (χ4n) is 5.63. The Morgan fingerprint density at radius 1 is 1.50 bits per heavy atom. The van der Waals surface area contributed by atoms with Gasteiger partial charge in [0.1, 0.15) is 0 Å². The molecule has 1 aromatic rings. The SMILES string of the molecule is CN1CC[C@]23c4c5c(N)cc(O)c4O[C@H]2C(=O)CC[C@H]3[C@H]1C5. The van der Waals surface area contributed by atoms with Crippen molar-refractivity contribution in [1.29, 1.82) is 0 Å². The molecule has 2 bridgehead atoms. The molecular weight excluding hydrogens is 280 g/mol. The number of likely N-dealkylation sites (tertiary alicyclic amines) is 1. The number of phenolic OH excluding ortho intramolecular Hbond substituents is 1. The van der Waals surface area contributed by atoms with Crippen molar-refractivity contribution in [3.8, 4) is 11.5 Å². The van der Waals surface area contributed by atoms with Crippen LogP contribution in [-0.4, -0.2) is 41.5 Å². The molecule has 1 saturated heterocycles. The third-order valence-corrected chi connectivity index (χ3v) is 6.55. The largest absolute Gasteiger partial charge is 0.504 e. The molecule has 4 aliphatic rings. The van der Waals surface area contributed by atoms with E-state index >= 15 is 0 Å². The first-order chi connectivity index (χ1) is 10.5. The maximum Gasteiger partial charge on any atom is 0.174 e. The van der Waals surface area contributed by atoms with Crippen LogP contribution < -0.4 is 10.5 Å². The van der Waals surface area contributed by atoms with E-state index in [0.29, 0.717) is 29.8 Å². The average molecular weight is 300 g/mol. The summed E-state index contributed by atoms with van der Waals surface area (Å²) in [5.41, 5.74) is 8.73. The zero-order valence-corrected chi connectivity index (χ0v) is 12.6. The van der Waals surface area contributed by atoms with E-state index in [1.54, 1.807) is 6.07 Å². The number of nitrogens with two attached hydrogens (primary N) is 1. The normalized spacial score (nSPS) is 38.6. The van der Waals surface area contributed by atoms with Crippen molar-refractivity contribution in [3.63, 3.8) is 0 Å². The highest BCUT2D eigenvalue weighted by atomic mass is 16.5. The quantitative estimate of drug-likeness (QED) is 0.704. The molecule has 5 rings (SSSR count). The van der Waals surface area contributed by atoms with E-state index in [4.69, 9.17) is 10.5 Å². The number of carbonyl (C=O) groups is 1. The summed E-state index contributed by atoms with van der Waals surface area (Å²) in [5.74, 6) is 1.21. The maximum absolute atomic E-state index is 12.5. The maximum atomic E-state index is 12.5. The molecule has 1 saturated carbocycles. The molecular formula is C17H20N2O3. The van der Waals surface area contributed by atoms with Crippen molar-refractivity contribution >= 4 is 11.5 Å². The van der Waals surface area contributed by atoms with E-state index < -0.39 is 6.10 Å². The second-order valence-electron chi connectivity index (χ2n) is 7.32. The van der Waals surface area contributed by atoms with Gasteiger partial charge in [-0.1, -0.05) is 0 Å². The monoisotopic (exact) mass is 300 g/mol. The van der Waals surface area contributed by atoms with Crippen molar-refractivity contribution in [2.75, 3.05) is 19.3 Å². The number of nitrogen functional groups attached to an aromatic ring is 1. The van der Waals surface area contributed by atoms with E-state index in [1.165, 1.54) is 0 Å². The standard InChI is InChI=1S/C17H20N2O3/c1-19-5-4-17-9-2-3-12(20)16(17)22-15-13(21)7-10(18)8(14(15)17)6-11(9)19/h7,9,11,16,21H,2-6,18H2,1H3/t9-,11+,16-,17-/m0/s1. The predicted molar refractivity (Wildman–Crippen MR) is 81.1 cm³/mol. The number of hydrogen-bond acceptors (Lipinski definition) is 5. The van der Waals surface area contributed by atoms with Crippen molar-refractivity contribution in [2.24, 2.45) is 5.92 Å². The van der Waals surface area contributed by atoms with Gasteiger partial charge in [0, 0.05) is 35.2 Å². The zero-order chi connectivity index (χ0) is 15.2. The van der Waals surface area contributed by atoms with Gasteiger partial charge in [-0.05, 0) is 44.3 Å². The summed E-state index contributed by atoms with van der Waals surface area (Å²) in [6.07, 6.45) is 2.87. The number of rotatable bonds is 0. The summed E-state index contributed by atoms with van der Waals surface area (Å²) < 4.78 is 6.04. The van der Waals surface area contributed by atoms with Gasteiger partial charge in [-0.2, -0.15) is 0 Å². The summed E-state index contributed by atoms with van der Waals surface area (Å²) >= 11 is 0. The number of nitrogens with zero attached hydrogens (tertiary/aromatic N) is 1. The Hall–Kier alpha value is -1.75. The number of aromatic hydroxyl groups is 1. The lowest BCUT2D eigenvalue weighted by Crippen LogP contribution is -2.65. The number of Topliss-reactive ketones (excluding diaryl/α,β-unsaturated/α-hetero) is 1. The lowest BCUT2D eigenvalue weighted by Gasteiger charge is -2.57. The fraction of sp³-hybridized carbons (Fsp3) is 0.588. The fourth-order valence-corrected chi connectivity index (χ4v) is 5.63. The van der Waals surface area contributed by atoms with Crippen LogP contribution in [0.1, 0.15) is 30.4 Å². The molecule has 22 heavy (non-hydrogen) atoms. The lowest BCUT2D eigenvalue weighted by molar-refractivity contribution is -0.138. The van der Waals surface area contributed by atoms with Crippen LogP contribution >= 0.6 is 0 Å². The third kappa shape index (κ3) is 1.20. The van der Waals surface area contributed by atoms with Gasteiger partial charge in [0.15, 0.2) is 23.4 Å². The number of hydrogen-bond donors (Lipinski definition) is 2. The molecule has 5 heteroatoms. The molecule has 0 amide bonds. The van der Waals surface area contributed by atoms with Gasteiger partial charge in [0.25, 0.3) is 0 Å². The lowest BCUT2D eigenvalue weighted by atomic mass is 9.51. The molecule has 2 aliphatic carbocycles. The number of phenols is 1. The summed E-state index contributed by atoms with van der Waals surface area (Å²) in [4.78, 5) is 15.0. The molecule has 0 aromatic heterocycles. The van der Waals surface area contributed by atoms with Crippen LogP contribution in [0.5, 0.6) is 11.5 Å². The highest BCUT2D eigenvalue weighted by molar-refractivity contribution is 5.89. The number of benzene rings is 1. The topological polar surface area (TPSA) is 75.8 Å². The van der Waals surface area contributed by atoms with E-state index in [0.717, 1.165) is 36.9 Å². The highest BCUT2D eigenvalue weighted by Crippen LogP contribution is 2.63. The van der Waals surface area contributed by atoms with E-state index in [2.05, 4.69) is 11.9 Å². The summed E-state index contributed by atoms with van der Waals surface area (Å²) in [6.45, 7) is 0.961. The van der Waals surface area contributed by atoms with Crippen LogP contribution in [0.2, 0.25) is 0 Å². The highest BCUT2D eigenvalue weighted by Gasteiger charge is 2.65. The Labute approximate surface area is 129 Å². The molecule has 0 unspecified atom stereocenters. The van der Waals surface area contributed by atoms with Crippen molar-refractivity contribution in [3.05, 3.63) is 17.2 Å². The van der Waals surface area contributed by atoms with Crippen LogP contribution in [0.3, 0.4) is 0 Å². The molecule has 1 spiro atoms. The van der Waals surface area contributed by atoms with E-state index in [1.807, 2.05) is 0 Å². The first-order valence-corrected chi connectivity index (χ1v) is 8.08. The smallest absolute Gasteiger partial charge is 0.174 e. The Balaban J connectivity index is 1.86. The number of ketones is 1. The van der Waals surface area contributed by atoms with E-state index in [9.17, 15) is 9.90 Å². The van der Waals surface area contributed by atoms with Gasteiger partial charge in [-0.25, -0.2) is 0 Å². The van der Waals surface area contributed by atoms with Crippen molar-refractivity contribution < 1.29 is 14.6 Å². The molecule has 2 fully saturated rings. The average Bonchev–Trinajstić information content (AvgIpc) is 2.83. The zero-order valence-electron chi connectivity index (χ0n) is 12.6. The Kier molecular flexibility index (Phi) is 2.19. The third-order valence-electron chi connectivity index (χ3n) is 6.55. The summed E-state index contributed by atoms with van der Waals surface area (Å²) in [5, 5.41) is 10.3. The Morgan fingerprint density at radius 2 is 2.32 bits per heavy atom. The minimum Gasteiger partial charge on any atom is -0.504 e. The number of piperidine rings is 1. The summed E-state index contributed by atoms with van der Waals surface area (Å²) in [6, 6.07) is 2.00. The van der Waals surface area contributed by atoms with Gasteiger partial charge in [-0.15, -0.1) is 0 Å². The summed E-state index contributed by atoms with van der Waals surface area (Å²) in [7, 11) is 2.17. The molecule has 5 nitrogen and oxygen atoms in total. The van der Waals surface area contributed by atoms with E-state index in [-0.39, 0.29) is 16.9 Å². The van der Waals surface area contributed by atoms with Gasteiger partial charge in [0.2, 0.25) is 0 Å². The second kappa shape index (κ2) is 3.77. The van der Waals surface area contributed by atoms with Gasteiger partial charge >= 0.3 is 0 Å². The number of carbonyl (C=O) groups excluding carboxylic acids is 1. The molecule has 2 heterocycles. The van der Waals surface area contributed by atoms with Crippen molar-refractivity contribution in [1.82, 2.24) is 4.90 Å². The molecule has 1 aromatic carbocycles. The second-order valence-corrected chi connectivity index (χ2v) is 7.32. The molecule has 0 radical (unpaired) electrons. The first kappa shape index (κ1) is 12.8. The van der Waals surface area contributed by atoms with Crippen LogP contribution in [-0.2, 0) is 16.6 Å². The molecule has 3 N–H and O–H groups in total. The number of anilines is 1. The van der Waals surface area contributed by atoms with Gasteiger partial charge in [-0.3, -0.25) is 4.79 Å². The minimum absolute atomic E-state index is 0.0870. The minimum atomic E-state index is -0.427. The first-order valence-electron chi connectivity index (χ1n) is 8.08. The van der Waals surface area contributed by atoms with Gasteiger partial charge in [0.05, 0.1) is 0 Å².